The molecule has 1 unspecified atom stereocenters. The summed E-state index contributed by atoms with van der Waals surface area (Å²) in [6.07, 6.45) is 2.31. The van der Waals surface area contributed by atoms with Crippen LogP contribution in [0.1, 0.15) is 35.4 Å². The SMILES string of the molecule is Fc1ccccc1C/N=C1\C2CCN(CC2)C1C(c1ccccc1)c1ccccc1. The van der Waals surface area contributed by atoms with Crippen molar-refractivity contribution in [3.63, 3.8) is 0 Å². The van der Waals surface area contributed by atoms with Crippen molar-refractivity contribution >= 4 is 5.71 Å². The normalized spacial score (nSPS) is 24.5. The Kier molecular flexibility index (Phi) is 5.46. The highest BCUT2D eigenvalue weighted by Gasteiger charge is 2.43. The highest BCUT2D eigenvalue weighted by molar-refractivity contribution is 5.94. The molecule has 152 valence electrons. The summed E-state index contributed by atoms with van der Waals surface area (Å²) in [5, 5.41) is 0. The average molecular weight is 399 g/mol. The summed E-state index contributed by atoms with van der Waals surface area (Å²) in [4.78, 5) is 7.69. The van der Waals surface area contributed by atoms with Crippen LogP contribution < -0.4 is 0 Å². The fraction of sp³-hybridized carbons (Fsp3) is 0.296. The topological polar surface area (TPSA) is 15.6 Å². The molecular weight excluding hydrogens is 371 g/mol. The van der Waals surface area contributed by atoms with E-state index in [0.717, 1.165) is 25.9 Å². The van der Waals surface area contributed by atoms with E-state index in [9.17, 15) is 4.39 Å². The van der Waals surface area contributed by atoms with E-state index in [1.54, 1.807) is 6.07 Å². The van der Waals surface area contributed by atoms with Gasteiger partial charge in [-0.2, -0.15) is 0 Å². The first kappa shape index (κ1) is 19.2. The van der Waals surface area contributed by atoms with E-state index in [0.29, 0.717) is 18.0 Å². The largest absolute Gasteiger partial charge is 0.294 e. The van der Waals surface area contributed by atoms with E-state index < -0.39 is 0 Å². The number of aliphatic imine (C=N–C) groups is 1. The Balaban J connectivity index is 1.57. The number of nitrogens with zero attached hydrogens (tertiary/aromatic N) is 2. The van der Waals surface area contributed by atoms with Gasteiger partial charge in [-0.3, -0.25) is 9.89 Å². The predicted octanol–water partition coefficient (Wildman–Crippen LogP) is 5.69. The Bertz CT molecular complexity index is 968. The minimum Gasteiger partial charge on any atom is -0.294 e. The Morgan fingerprint density at radius 2 is 1.37 bits per heavy atom. The second kappa shape index (κ2) is 8.53. The summed E-state index contributed by atoms with van der Waals surface area (Å²) in [6, 6.07) is 28.8. The van der Waals surface area contributed by atoms with E-state index in [2.05, 4.69) is 65.6 Å². The molecule has 30 heavy (non-hydrogen) atoms. The summed E-state index contributed by atoms with van der Waals surface area (Å²) in [6.45, 7) is 2.65. The van der Waals surface area contributed by atoms with Gasteiger partial charge in [0.25, 0.3) is 0 Å². The number of piperidine rings is 3. The van der Waals surface area contributed by atoms with Crippen LogP contribution in [0.4, 0.5) is 4.39 Å². The van der Waals surface area contributed by atoms with Gasteiger partial charge in [-0.15, -0.1) is 0 Å². The van der Waals surface area contributed by atoms with E-state index in [4.69, 9.17) is 4.99 Å². The fourth-order valence-electron chi connectivity index (χ4n) is 5.19. The highest BCUT2D eigenvalue weighted by Crippen LogP contribution is 2.40. The van der Waals surface area contributed by atoms with Crippen LogP contribution in [-0.2, 0) is 6.54 Å². The van der Waals surface area contributed by atoms with Crippen molar-refractivity contribution in [1.82, 2.24) is 4.90 Å². The summed E-state index contributed by atoms with van der Waals surface area (Å²) < 4.78 is 14.2. The third-order valence-corrected chi connectivity index (χ3v) is 6.67. The first-order chi connectivity index (χ1) is 14.8. The van der Waals surface area contributed by atoms with Gasteiger partial charge >= 0.3 is 0 Å². The predicted molar refractivity (Wildman–Crippen MR) is 120 cm³/mol. The van der Waals surface area contributed by atoms with Crippen molar-refractivity contribution in [2.24, 2.45) is 10.9 Å². The van der Waals surface area contributed by atoms with Crippen LogP contribution in [0.25, 0.3) is 0 Å². The van der Waals surface area contributed by atoms with Crippen LogP contribution >= 0.6 is 0 Å². The zero-order chi connectivity index (χ0) is 20.3. The van der Waals surface area contributed by atoms with Gasteiger partial charge in [0.05, 0.1) is 12.6 Å². The maximum atomic E-state index is 14.2. The van der Waals surface area contributed by atoms with E-state index in [-0.39, 0.29) is 17.8 Å². The molecule has 3 aromatic carbocycles. The van der Waals surface area contributed by atoms with Crippen LogP contribution in [0, 0.1) is 11.7 Å². The lowest BCUT2D eigenvalue weighted by Gasteiger charge is -2.49. The monoisotopic (exact) mass is 398 g/mol. The van der Waals surface area contributed by atoms with Crippen molar-refractivity contribution in [3.8, 4) is 0 Å². The molecule has 3 aliphatic heterocycles. The quantitative estimate of drug-likeness (QED) is 0.539. The lowest BCUT2D eigenvalue weighted by atomic mass is 9.72. The van der Waals surface area contributed by atoms with Crippen LogP contribution in [0.3, 0.4) is 0 Å². The summed E-state index contributed by atoms with van der Waals surface area (Å²) >= 11 is 0. The number of benzene rings is 3. The average Bonchev–Trinajstić information content (AvgIpc) is 2.81. The molecule has 2 bridgehead atoms. The van der Waals surface area contributed by atoms with Crippen molar-refractivity contribution in [2.75, 3.05) is 13.1 Å². The standard InChI is InChI=1S/C27H27FN2/c28-24-14-8-7-13-23(24)19-29-26-22-15-17-30(18-16-22)27(26)25(20-9-3-1-4-10-20)21-11-5-2-6-12-21/h1-14,22,25,27H,15-19H2/b29-26+. The van der Waals surface area contributed by atoms with Gasteiger partial charge in [0.15, 0.2) is 0 Å². The highest BCUT2D eigenvalue weighted by atomic mass is 19.1. The molecule has 6 rings (SSSR count). The van der Waals surface area contributed by atoms with Crippen LogP contribution in [0.2, 0.25) is 0 Å². The van der Waals surface area contributed by atoms with Crippen molar-refractivity contribution in [2.45, 2.75) is 31.3 Å². The van der Waals surface area contributed by atoms with Crippen LogP contribution in [0.5, 0.6) is 0 Å². The van der Waals surface area contributed by atoms with Crippen molar-refractivity contribution < 1.29 is 4.39 Å². The summed E-state index contributed by atoms with van der Waals surface area (Å²) in [5.74, 6) is 0.568. The van der Waals surface area contributed by atoms with Crippen molar-refractivity contribution in [1.29, 1.82) is 0 Å². The molecule has 3 heterocycles. The molecule has 0 spiro atoms. The van der Waals surface area contributed by atoms with Gasteiger partial charge in [-0.05, 0) is 43.1 Å². The molecule has 2 nitrogen and oxygen atoms in total. The first-order valence-corrected chi connectivity index (χ1v) is 10.9. The number of hydrogen-bond acceptors (Lipinski definition) is 2. The third kappa shape index (κ3) is 3.70. The second-order valence-electron chi connectivity index (χ2n) is 8.39. The number of fused-ring (bicyclic) bond motifs is 3. The third-order valence-electron chi connectivity index (χ3n) is 6.67. The molecule has 3 aromatic rings. The van der Waals surface area contributed by atoms with Gasteiger partial charge in [0, 0.05) is 23.1 Å². The molecule has 3 fully saturated rings. The Morgan fingerprint density at radius 1 is 0.800 bits per heavy atom. The summed E-state index contributed by atoms with van der Waals surface area (Å²) in [5.41, 5.74) is 4.57. The summed E-state index contributed by atoms with van der Waals surface area (Å²) in [7, 11) is 0. The molecule has 1 atom stereocenters. The van der Waals surface area contributed by atoms with Crippen LogP contribution in [0.15, 0.2) is 89.9 Å². The smallest absolute Gasteiger partial charge is 0.128 e. The minimum atomic E-state index is -0.164. The van der Waals surface area contributed by atoms with Gasteiger partial charge in [0.2, 0.25) is 0 Å². The zero-order valence-corrected chi connectivity index (χ0v) is 17.1. The Labute approximate surface area is 178 Å². The molecule has 0 amide bonds. The molecule has 3 heteroatoms. The van der Waals surface area contributed by atoms with E-state index in [1.807, 2.05) is 12.1 Å². The number of rotatable bonds is 5. The Morgan fingerprint density at radius 3 is 1.97 bits per heavy atom. The van der Waals surface area contributed by atoms with Gasteiger partial charge in [0.1, 0.15) is 5.82 Å². The fourth-order valence-corrected chi connectivity index (χ4v) is 5.19. The van der Waals surface area contributed by atoms with E-state index in [1.165, 1.54) is 22.9 Å². The molecule has 0 aliphatic carbocycles. The molecule has 3 saturated heterocycles. The molecule has 3 aliphatic rings. The molecule has 0 radical (unpaired) electrons. The molecule has 0 N–H and O–H groups in total. The van der Waals surface area contributed by atoms with Crippen LogP contribution in [-0.4, -0.2) is 29.7 Å². The number of hydrogen-bond donors (Lipinski definition) is 0. The maximum absolute atomic E-state index is 14.2. The lowest BCUT2D eigenvalue weighted by molar-refractivity contribution is 0.135. The first-order valence-electron chi connectivity index (χ1n) is 10.9. The second-order valence-corrected chi connectivity index (χ2v) is 8.39. The zero-order valence-electron chi connectivity index (χ0n) is 17.1. The Hall–Kier alpha value is -2.78. The maximum Gasteiger partial charge on any atom is 0.128 e. The molecular formula is C27H27FN2. The van der Waals surface area contributed by atoms with Gasteiger partial charge < -0.3 is 0 Å². The van der Waals surface area contributed by atoms with Gasteiger partial charge in [-0.25, -0.2) is 4.39 Å². The van der Waals surface area contributed by atoms with Gasteiger partial charge in [-0.1, -0.05) is 78.9 Å². The van der Waals surface area contributed by atoms with Crippen molar-refractivity contribution in [3.05, 3.63) is 107 Å². The molecule has 0 aromatic heterocycles. The number of halogens is 1. The molecule has 0 saturated carbocycles. The lowest BCUT2D eigenvalue weighted by Crippen LogP contribution is -2.58. The minimum absolute atomic E-state index is 0.164. The van der Waals surface area contributed by atoms with E-state index >= 15 is 0 Å².